The van der Waals surface area contributed by atoms with E-state index in [4.69, 9.17) is 4.74 Å². The molecule has 0 atom stereocenters. The van der Waals surface area contributed by atoms with Gasteiger partial charge in [-0.15, -0.1) is 0 Å². The van der Waals surface area contributed by atoms with Gasteiger partial charge in [-0.05, 0) is 37.1 Å². The maximum absolute atomic E-state index is 12.4. The zero-order valence-electron chi connectivity index (χ0n) is 12.0. The van der Waals surface area contributed by atoms with Crippen molar-refractivity contribution < 1.29 is 9.53 Å². The summed E-state index contributed by atoms with van der Waals surface area (Å²) in [7, 11) is 1.73. The Morgan fingerprint density at radius 1 is 1.24 bits per heavy atom. The van der Waals surface area contributed by atoms with Crippen molar-refractivity contribution in [2.75, 3.05) is 20.2 Å². The van der Waals surface area contributed by atoms with Crippen LogP contribution in [0.25, 0.3) is 5.69 Å². The van der Waals surface area contributed by atoms with Crippen LogP contribution < -0.4 is 0 Å². The lowest BCUT2D eigenvalue weighted by Crippen LogP contribution is -2.40. The number of hydrogen-bond donors (Lipinski definition) is 0. The Hall–Kier alpha value is -2.21. The number of piperidine rings is 1. The molecule has 21 heavy (non-hydrogen) atoms. The van der Waals surface area contributed by atoms with Crippen molar-refractivity contribution in [3.05, 3.63) is 42.5 Å². The molecule has 0 spiro atoms. The summed E-state index contributed by atoms with van der Waals surface area (Å²) in [5.41, 5.74) is 1.59. The largest absolute Gasteiger partial charge is 0.381 e. The van der Waals surface area contributed by atoms with E-state index in [1.165, 1.54) is 6.33 Å². The van der Waals surface area contributed by atoms with Crippen LogP contribution in [0.3, 0.4) is 0 Å². The standard InChI is InChI=1S/C15H18N4O2/c1-21-14-6-8-18(9-7-14)15(20)12-2-4-13(5-3-12)19-11-16-10-17-19/h2-5,10-11,14H,6-9H2,1H3. The molecule has 110 valence electrons. The van der Waals surface area contributed by atoms with Gasteiger partial charge in [0.1, 0.15) is 12.7 Å². The first-order chi connectivity index (χ1) is 10.3. The minimum absolute atomic E-state index is 0.0784. The summed E-state index contributed by atoms with van der Waals surface area (Å²) in [5.74, 6) is 0.0784. The second-order valence-electron chi connectivity index (χ2n) is 5.11. The first-order valence-corrected chi connectivity index (χ1v) is 7.05. The van der Waals surface area contributed by atoms with Gasteiger partial charge in [-0.1, -0.05) is 0 Å². The van der Waals surface area contributed by atoms with Gasteiger partial charge in [0.05, 0.1) is 11.8 Å². The highest BCUT2D eigenvalue weighted by Crippen LogP contribution is 2.16. The van der Waals surface area contributed by atoms with Crippen LogP contribution in [0.5, 0.6) is 0 Å². The van der Waals surface area contributed by atoms with E-state index < -0.39 is 0 Å². The van der Waals surface area contributed by atoms with Gasteiger partial charge in [-0.25, -0.2) is 9.67 Å². The number of rotatable bonds is 3. The Balaban J connectivity index is 1.68. The maximum Gasteiger partial charge on any atom is 0.253 e. The summed E-state index contributed by atoms with van der Waals surface area (Å²) in [6.07, 6.45) is 5.20. The van der Waals surface area contributed by atoms with Gasteiger partial charge in [0.15, 0.2) is 0 Å². The Morgan fingerprint density at radius 2 is 1.95 bits per heavy atom. The zero-order chi connectivity index (χ0) is 14.7. The molecule has 1 fully saturated rings. The van der Waals surface area contributed by atoms with Crippen LogP contribution in [0.2, 0.25) is 0 Å². The Bertz CT molecular complexity index is 587. The zero-order valence-corrected chi connectivity index (χ0v) is 12.0. The second kappa shape index (κ2) is 6.05. The van der Waals surface area contributed by atoms with E-state index in [-0.39, 0.29) is 12.0 Å². The fraction of sp³-hybridized carbons (Fsp3) is 0.400. The van der Waals surface area contributed by atoms with E-state index in [0.717, 1.165) is 31.6 Å². The SMILES string of the molecule is COC1CCN(C(=O)c2ccc(-n3cncn3)cc2)CC1. The quantitative estimate of drug-likeness (QED) is 0.858. The van der Waals surface area contributed by atoms with Crippen molar-refractivity contribution in [2.45, 2.75) is 18.9 Å². The maximum atomic E-state index is 12.4. The molecular weight excluding hydrogens is 268 g/mol. The van der Waals surface area contributed by atoms with E-state index in [0.29, 0.717) is 5.56 Å². The molecular formula is C15H18N4O2. The lowest BCUT2D eigenvalue weighted by molar-refractivity contribution is 0.0351. The summed E-state index contributed by atoms with van der Waals surface area (Å²) in [4.78, 5) is 18.2. The van der Waals surface area contributed by atoms with Crippen LogP contribution >= 0.6 is 0 Å². The lowest BCUT2D eigenvalue weighted by Gasteiger charge is -2.31. The second-order valence-corrected chi connectivity index (χ2v) is 5.11. The van der Waals surface area contributed by atoms with Crippen molar-refractivity contribution in [1.29, 1.82) is 0 Å². The lowest BCUT2D eigenvalue weighted by atomic mass is 10.1. The molecule has 2 aromatic rings. The van der Waals surface area contributed by atoms with E-state index in [9.17, 15) is 4.79 Å². The van der Waals surface area contributed by atoms with Gasteiger partial charge in [0.25, 0.3) is 5.91 Å². The molecule has 1 aliphatic rings. The van der Waals surface area contributed by atoms with E-state index in [1.807, 2.05) is 29.2 Å². The third kappa shape index (κ3) is 2.95. The number of amides is 1. The molecule has 1 aromatic heterocycles. The summed E-state index contributed by atoms with van der Waals surface area (Å²) in [5, 5.41) is 4.06. The molecule has 2 heterocycles. The number of benzene rings is 1. The molecule has 1 aliphatic heterocycles. The minimum Gasteiger partial charge on any atom is -0.381 e. The number of carbonyl (C=O) groups is 1. The molecule has 0 aliphatic carbocycles. The van der Waals surface area contributed by atoms with E-state index in [2.05, 4.69) is 10.1 Å². The number of nitrogens with zero attached hydrogens (tertiary/aromatic N) is 4. The summed E-state index contributed by atoms with van der Waals surface area (Å²) >= 11 is 0. The van der Waals surface area contributed by atoms with Crippen molar-refractivity contribution in [1.82, 2.24) is 19.7 Å². The monoisotopic (exact) mass is 286 g/mol. The molecule has 6 nitrogen and oxygen atoms in total. The van der Waals surface area contributed by atoms with E-state index in [1.54, 1.807) is 18.1 Å². The minimum atomic E-state index is 0.0784. The molecule has 1 amide bonds. The van der Waals surface area contributed by atoms with Gasteiger partial charge in [-0.2, -0.15) is 5.10 Å². The highest BCUT2D eigenvalue weighted by Gasteiger charge is 2.23. The van der Waals surface area contributed by atoms with Crippen LogP contribution in [0.4, 0.5) is 0 Å². The summed E-state index contributed by atoms with van der Waals surface area (Å²) < 4.78 is 6.99. The number of carbonyl (C=O) groups excluding carboxylic acids is 1. The number of hydrogen-bond acceptors (Lipinski definition) is 4. The van der Waals surface area contributed by atoms with Gasteiger partial charge in [0, 0.05) is 25.8 Å². The van der Waals surface area contributed by atoms with Gasteiger partial charge in [-0.3, -0.25) is 4.79 Å². The molecule has 0 unspecified atom stereocenters. The van der Waals surface area contributed by atoms with Crippen LogP contribution in [0.15, 0.2) is 36.9 Å². The molecule has 0 radical (unpaired) electrons. The summed E-state index contributed by atoms with van der Waals surface area (Å²) in [6, 6.07) is 7.43. The third-order valence-corrected chi connectivity index (χ3v) is 3.86. The number of ether oxygens (including phenoxy) is 1. The molecule has 0 saturated carbocycles. The fourth-order valence-electron chi connectivity index (χ4n) is 2.58. The molecule has 1 saturated heterocycles. The van der Waals surface area contributed by atoms with Gasteiger partial charge >= 0.3 is 0 Å². The predicted octanol–water partition coefficient (Wildman–Crippen LogP) is 1.52. The summed E-state index contributed by atoms with van der Waals surface area (Å²) in [6.45, 7) is 1.50. The number of aromatic nitrogens is 3. The average Bonchev–Trinajstić information content (AvgIpc) is 3.09. The van der Waals surface area contributed by atoms with Gasteiger partial charge in [0.2, 0.25) is 0 Å². The molecule has 0 N–H and O–H groups in total. The van der Waals surface area contributed by atoms with Crippen molar-refractivity contribution in [2.24, 2.45) is 0 Å². The van der Waals surface area contributed by atoms with Gasteiger partial charge < -0.3 is 9.64 Å². The smallest absolute Gasteiger partial charge is 0.253 e. The van der Waals surface area contributed by atoms with Crippen molar-refractivity contribution in [3.63, 3.8) is 0 Å². The number of likely N-dealkylation sites (tertiary alicyclic amines) is 1. The highest BCUT2D eigenvalue weighted by molar-refractivity contribution is 5.94. The van der Waals surface area contributed by atoms with Crippen molar-refractivity contribution in [3.8, 4) is 5.69 Å². The predicted molar refractivity (Wildman–Crippen MR) is 77.3 cm³/mol. The Morgan fingerprint density at radius 3 is 2.52 bits per heavy atom. The molecule has 6 heteroatoms. The normalized spacial score (nSPS) is 16.1. The molecule has 3 rings (SSSR count). The third-order valence-electron chi connectivity index (χ3n) is 3.86. The first kappa shape index (κ1) is 13.8. The van der Waals surface area contributed by atoms with E-state index >= 15 is 0 Å². The molecule has 1 aromatic carbocycles. The highest BCUT2D eigenvalue weighted by atomic mass is 16.5. The average molecular weight is 286 g/mol. The van der Waals surface area contributed by atoms with Crippen LogP contribution in [-0.2, 0) is 4.74 Å². The van der Waals surface area contributed by atoms with Crippen LogP contribution in [0.1, 0.15) is 23.2 Å². The molecule has 0 bridgehead atoms. The van der Waals surface area contributed by atoms with Crippen LogP contribution in [0, 0.1) is 0 Å². The Kier molecular flexibility index (Phi) is 3.96. The number of methoxy groups -OCH3 is 1. The topological polar surface area (TPSA) is 60.2 Å². The Labute approximate surface area is 123 Å². The fourth-order valence-corrected chi connectivity index (χ4v) is 2.58. The van der Waals surface area contributed by atoms with Crippen LogP contribution in [-0.4, -0.2) is 51.9 Å². The van der Waals surface area contributed by atoms with Crippen molar-refractivity contribution >= 4 is 5.91 Å². The first-order valence-electron chi connectivity index (χ1n) is 7.05.